The van der Waals surface area contributed by atoms with E-state index in [1.807, 2.05) is 6.92 Å². The van der Waals surface area contributed by atoms with Crippen LogP contribution in [-0.4, -0.2) is 34.5 Å². The summed E-state index contributed by atoms with van der Waals surface area (Å²) in [6, 6.07) is 2.15. The van der Waals surface area contributed by atoms with E-state index in [1.165, 1.54) is 51.7 Å². The van der Waals surface area contributed by atoms with Gasteiger partial charge in [0.15, 0.2) is 0 Å². The number of thiophene rings is 5. The molecule has 6 aromatic heterocycles. The lowest BCUT2D eigenvalue weighted by Gasteiger charge is -2.03. The first-order chi connectivity index (χ1) is 20.0. The maximum absolute atomic E-state index is 13.6. The van der Waals surface area contributed by atoms with Crippen LogP contribution in [0.2, 0.25) is 0 Å². The average Bonchev–Trinajstić information content (AvgIpc) is 3.76. The molecule has 0 aromatic carbocycles. The molecule has 15 heteroatoms. The number of fused-ring (bicyclic) bond motifs is 6. The molecule has 6 aromatic rings. The molecule has 0 unspecified atom stereocenters. The van der Waals surface area contributed by atoms with E-state index in [4.69, 9.17) is 9.84 Å². The fraction of sp³-hybridized carbons (Fsp3) is 0.259. The minimum absolute atomic E-state index is 0.231. The maximum Gasteiger partial charge on any atom is 0.325 e. The minimum atomic E-state index is -3.67. The van der Waals surface area contributed by atoms with Crippen LogP contribution in [0.4, 0.5) is 0 Å². The number of carboxylic acid groups (broad SMARTS) is 1. The van der Waals surface area contributed by atoms with Gasteiger partial charge in [-0.2, -0.15) is 5.26 Å². The van der Waals surface area contributed by atoms with Crippen LogP contribution in [-0.2, 0) is 39.1 Å². The zero-order chi connectivity index (χ0) is 29.7. The zero-order valence-corrected chi connectivity index (χ0v) is 27.4. The van der Waals surface area contributed by atoms with Crippen LogP contribution >= 0.6 is 56.7 Å². The first-order valence-electron chi connectivity index (χ1n) is 12.6. The van der Waals surface area contributed by atoms with Gasteiger partial charge in [-0.05, 0) is 49.9 Å². The van der Waals surface area contributed by atoms with Gasteiger partial charge in [-0.25, -0.2) is 13.1 Å². The lowest BCUT2D eigenvalue weighted by atomic mass is 10.2. The van der Waals surface area contributed by atoms with E-state index in [2.05, 4.69) is 30.2 Å². The Hall–Kier alpha value is -2.97. The number of nitrogens with zero attached hydrogens (tertiary/aromatic N) is 4. The van der Waals surface area contributed by atoms with Crippen LogP contribution in [0, 0.1) is 39.0 Å². The van der Waals surface area contributed by atoms with Crippen LogP contribution in [0.15, 0.2) is 16.0 Å². The van der Waals surface area contributed by atoms with Crippen molar-refractivity contribution < 1.29 is 23.1 Å². The van der Waals surface area contributed by atoms with Crippen molar-refractivity contribution in [1.29, 1.82) is 5.26 Å². The third kappa shape index (κ3) is 3.97. The van der Waals surface area contributed by atoms with Crippen molar-refractivity contribution in [2.24, 2.45) is 0 Å². The highest BCUT2D eigenvalue weighted by atomic mass is 32.2. The number of sulfone groups is 1. The molecule has 1 aliphatic heterocycles. The number of carboxylic acids is 1. The quantitative estimate of drug-likeness (QED) is 0.187. The Balaban J connectivity index is 1.22. The number of carbonyl (C=O) groups is 1. The molecule has 0 saturated carbocycles. The van der Waals surface area contributed by atoms with Gasteiger partial charge in [0.25, 0.3) is 0 Å². The Labute approximate surface area is 259 Å². The number of aromatic nitrogens is 3. The summed E-state index contributed by atoms with van der Waals surface area (Å²) in [5, 5.41) is 26.2. The second-order valence-electron chi connectivity index (χ2n) is 9.96. The number of ether oxygens (including phenoxy) is 1. The summed E-state index contributed by atoms with van der Waals surface area (Å²) in [5.41, 5.74) is 4.24. The predicted octanol–water partition coefficient (Wildman–Crippen LogP) is 7.28. The van der Waals surface area contributed by atoms with Crippen molar-refractivity contribution in [3.63, 3.8) is 0 Å². The third-order valence-corrected chi connectivity index (χ3v) is 16.9. The molecule has 1 N–H and O–H groups in total. The van der Waals surface area contributed by atoms with Gasteiger partial charge in [0.1, 0.15) is 23.2 Å². The third-order valence-electron chi connectivity index (χ3n) is 7.29. The van der Waals surface area contributed by atoms with E-state index in [0.717, 1.165) is 30.6 Å². The molecule has 0 amide bonds. The molecule has 0 saturated heterocycles. The largest absolute Gasteiger partial charge is 0.480 e. The molecule has 42 heavy (non-hydrogen) atoms. The Morgan fingerprint density at radius 1 is 0.881 bits per heavy atom. The zero-order valence-electron chi connectivity index (χ0n) is 22.5. The molecule has 0 fully saturated rings. The molecular formula is C27H20N4O5S6. The Morgan fingerprint density at radius 2 is 1.55 bits per heavy atom. The van der Waals surface area contributed by atoms with Crippen molar-refractivity contribution in [2.75, 3.05) is 0 Å². The number of hydrogen-bond donors (Lipinski definition) is 1. The van der Waals surface area contributed by atoms with Crippen LogP contribution in [0.1, 0.15) is 37.7 Å². The van der Waals surface area contributed by atoms with E-state index in [1.54, 1.807) is 47.1 Å². The summed E-state index contributed by atoms with van der Waals surface area (Å²) in [7, 11) is -3.67. The lowest BCUT2D eigenvalue weighted by Crippen LogP contribution is -2.08. The molecule has 0 radical (unpaired) electrons. The smallest absolute Gasteiger partial charge is 0.325 e. The van der Waals surface area contributed by atoms with Crippen molar-refractivity contribution in [3.8, 4) is 25.6 Å². The van der Waals surface area contributed by atoms with Crippen LogP contribution in [0.3, 0.4) is 0 Å². The molecule has 1 aliphatic rings. The first-order valence-corrected chi connectivity index (χ1v) is 18.1. The molecule has 7 rings (SSSR count). The molecule has 9 nitrogen and oxygen atoms in total. The van der Waals surface area contributed by atoms with Gasteiger partial charge in [-0.1, -0.05) is 5.21 Å². The second kappa shape index (κ2) is 9.78. The topological polar surface area (TPSA) is 135 Å². The van der Waals surface area contributed by atoms with Crippen molar-refractivity contribution >= 4 is 91.3 Å². The number of nitriles is 1. The van der Waals surface area contributed by atoms with Gasteiger partial charge >= 0.3 is 5.97 Å². The van der Waals surface area contributed by atoms with Crippen LogP contribution < -0.4 is 0 Å². The van der Waals surface area contributed by atoms with Gasteiger partial charge in [-0.15, -0.1) is 61.8 Å². The standard InChI is InChI=1S/C27H20N4O5S6/c1-10-16(9-36-8-14-6-31(30-29-14)7-17(32)33)38-22-18(10)39-20-12(3)19(40-23(20)22)21-13(4)27-25(41-21)24-26(42(27,34)35)11(2)15(5-28)37-24/h6H,7-9H2,1-4H3,(H,32,33). The van der Waals surface area contributed by atoms with Crippen molar-refractivity contribution in [2.45, 2.75) is 57.2 Å². The summed E-state index contributed by atoms with van der Waals surface area (Å²) < 4.78 is 39.2. The Kier molecular flexibility index (Phi) is 6.48. The molecule has 0 spiro atoms. The molecule has 0 atom stereocenters. The Morgan fingerprint density at radius 3 is 2.29 bits per heavy atom. The minimum Gasteiger partial charge on any atom is -0.480 e. The summed E-state index contributed by atoms with van der Waals surface area (Å²) >= 11 is 7.96. The fourth-order valence-corrected chi connectivity index (χ4v) is 15.3. The number of aliphatic carboxylic acids is 1. The second-order valence-corrected chi connectivity index (χ2v) is 17.0. The fourth-order valence-electron chi connectivity index (χ4n) is 5.28. The van der Waals surface area contributed by atoms with Gasteiger partial charge < -0.3 is 9.84 Å². The van der Waals surface area contributed by atoms with E-state index in [-0.39, 0.29) is 13.2 Å². The molecule has 214 valence electrons. The molecular weight excluding hydrogens is 653 g/mol. The summed E-state index contributed by atoms with van der Waals surface area (Å²) in [6.45, 7) is 8.22. The summed E-state index contributed by atoms with van der Waals surface area (Å²) in [6.07, 6.45) is 1.57. The normalized spacial score (nSPS) is 13.7. The van der Waals surface area contributed by atoms with Crippen molar-refractivity contribution in [3.05, 3.63) is 43.9 Å². The van der Waals surface area contributed by atoms with Gasteiger partial charge in [-0.3, -0.25) is 4.79 Å². The predicted molar refractivity (Wildman–Crippen MR) is 167 cm³/mol. The Bertz CT molecular complexity index is 2270. The summed E-state index contributed by atoms with van der Waals surface area (Å²) in [4.78, 5) is 16.7. The lowest BCUT2D eigenvalue weighted by molar-refractivity contribution is -0.137. The maximum atomic E-state index is 13.6. The van der Waals surface area contributed by atoms with Crippen molar-refractivity contribution in [1.82, 2.24) is 15.0 Å². The highest BCUT2D eigenvalue weighted by Gasteiger charge is 2.42. The van der Waals surface area contributed by atoms with Gasteiger partial charge in [0.05, 0.1) is 57.8 Å². The van der Waals surface area contributed by atoms with Gasteiger partial charge in [0, 0.05) is 14.6 Å². The van der Waals surface area contributed by atoms with Gasteiger partial charge in [0.2, 0.25) is 9.84 Å². The molecule has 0 aliphatic carbocycles. The van der Waals surface area contributed by atoms with E-state index >= 15 is 0 Å². The highest BCUT2D eigenvalue weighted by molar-refractivity contribution is 7.92. The van der Waals surface area contributed by atoms with Crippen LogP contribution in [0.5, 0.6) is 0 Å². The number of rotatable bonds is 7. The first kappa shape index (κ1) is 27.8. The molecule has 0 bridgehead atoms. The highest BCUT2D eigenvalue weighted by Crippen LogP contribution is 2.59. The van der Waals surface area contributed by atoms with Crippen LogP contribution in [0.25, 0.3) is 38.3 Å². The number of hydrogen-bond acceptors (Lipinski definition) is 12. The number of aryl methyl sites for hydroxylation is 2. The average molecular weight is 673 g/mol. The monoisotopic (exact) mass is 672 g/mol. The molecule has 7 heterocycles. The van der Waals surface area contributed by atoms with E-state index < -0.39 is 15.8 Å². The summed E-state index contributed by atoms with van der Waals surface area (Å²) in [5.74, 6) is -0.982. The SMILES string of the molecule is Cc1c(C#N)sc2c1S(=O)(=O)c1c-2sc(-c2sc3c(sc4c(C)c(COCc5cn(CC(=O)O)nn5)sc43)c2C)c1C. The van der Waals surface area contributed by atoms with E-state index in [9.17, 15) is 18.5 Å². The van der Waals surface area contributed by atoms with E-state index in [0.29, 0.717) is 37.4 Å².